The van der Waals surface area contributed by atoms with E-state index in [0.29, 0.717) is 13.2 Å². The Balaban J connectivity index is 1.33. The second-order valence-electron chi connectivity index (χ2n) is 9.25. The maximum atomic E-state index is 10.6. The molecule has 4 heteroatoms. The summed E-state index contributed by atoms with van der Waals surface area (Å²) in [6.07, 6.45) is -0.504. The highest BCUT2D eigenvalue weighted by Crippen LogP contribution is 2.29. The molecule has 0 aliphatic carbocycles. The van der Waals surface area contributed by atoms with Gasteiger partial charge in [0, 0.05) is 32.7 Å². The molecule has 174 valence electrons. The molecule has 1 aliphatic rings. The third kappa shape index (κ3) is 6.02. The van der Waals surface area contributed by atoms with Gasteiger partial charge in [0.15, 0.2) is 0 Å². The molecule has 0 radical (unpaired) electrons. The fraction of sp³-hybridized carbons (Fsp3) is 0.379. The van der Waals surface area contributed by atoms with Crippen molar-refractivity contribution in [1.82, 2.24) is 9.80 Å². The molecule has 3 aromatic rings. The molecule has 1 fully saturated rings. The molecule has 3 aromatic carbocycles. The van der Waals surface area contributed by atoms with Crippen LogP contribution in [-0.2, 0) is 0 Å². The Morgan fingerprint density at radius 2 is 1.30 bits per heavy atom. The third-order valence-electron chi connectivity index (χ3n) is 6.50. The molecule has 1 heterocycles. The lowest BCUT2D eigenvalue weighted by atomic mass is 9.96. The van der Waals surface area contributed by atoms with Crippen LogP contribution in [0.2, 0.25) is 0 Å². The van der Waals surface area contributed by atoms with Gasteiger partial charge in [0.25, 0.3) is 0 Å². The lowest BCUT2D eigenvalue weighted by Crippen LogP contribution is -2.50. The van der Waals surface area contributed by atoms with Gasteiger partial charge < -0.3 is 9.84 Å². The number of piperazine rings is 1. The van der Waals surface area contributed by atoms with Crippen LogP contribution < -0.4 is 4.74 Å². The van der Waals surface area contributed by atoms with Gasteiger partial charge in [-0.3, -0.25) is 9.80 Å². The molecular formula is C29H36N2O2. The molecular weight excluding hydrogens is 408 g/mol. The number of benzene rings is 3. The van der Waals surface area contributed by atoms with Crippen LogP contribution in [0.25, 0.3) is 0 Å². The average Bonchev–Trinajstić information content (AvgIpc) is 2.81. The van der Waals surface area contributed by atoms with Crippen LogP contribution in [0.1, 0.15) is 33.9 Å². The first-order valence-electron chi connectivity index (χ1n) is 12.0. The number of aliphatic hydroxyl groups excluding tert-OH is 1. The molecule has 33 heavy (non-hydrogen) atoms. The summed E-state index contributed by atoms with van der Waals surface area (Å²) in [7, 11) is 0. The maximum Gasteiger partial charge on any atom is 0.125 e. The Bertz CT molecular complexity index is 952. The first-order valence-corrected chi connectivity index (χ1v) is 12.0. The molecule has 1 saturated heterocycles. The van der Waals surface area contributed by atoms with E-state index in [4.69, 9.17) is 4.74 Å². The molecule has 0 saturated carbocycles. The second-order valence-corrected chi connectivity index (χ2v) is 9.25. The van der Waals surface area contributed by atoms with Crippen LogP contribution in [0.3, 0.4) is 0 Å². The zero-order chi connectivity index (χ0) is 23.2. The zero-order valence-electron chi connectivity index (χ0n) is 20.1. The molecule has 0 unspecified atom stereocenters. The maximum absolute atomic E-state index is 10.6. The molecule has 1 atom stereocenters. The van der Waals surface area contributed by atoms with Crippen molar-refractivity contribution in [3.8, 4) is 5.75 Å². The van der Waals surface area contributed by atoms with Gasteiger partial charge in [0.2, 0.25) is 0 Å². The Morgan fingerprint density at radius 3 is 1.82 bits per heavy atom. The summed E-state index contributed by atoms with van der Waals surface area (Å²) < 4.78 is 6.01. The minimum absolute atomic E-state index is 0.260. The first-order chi connectivity index (χ1) is 16.0. The SMILES string of the molecule is Cc1cc(C)c(OC[C@H](O)CN2CCN(C(c3ccccc3)c3ccccc3)CC2)c(C)c1. The van der Waals surface area contributed by atoms with Crippen LogP contribution in [0.15, 0.2) is 72.8 Å². The Labute approximate surface area is 198 Å². The summed E-state index contributed by atoms with van der Waals surface area (Å²) in [4.78, 5) is 4.91. The number of rotatable bonds is 8. The van der Waals surface area contributed by atoms with Crippen LogP contribution >= 0.6 is 0 Å². The van der Waals surface area contributed by atoms with Crippen molar-refractivity contribution in [3.05, 3.63) is 101 Å². The normalized spacial score (nSPS) is 16.2. The van der Waals surface area contributed by atoms with Crippen LogP contribution in [0.5, 0.6) is 5.75 Å². The van der Waals surface area contributed by atoms with Gasteiger partial charge in [0.05, 0.1) is 6.04 Å². The van der Waals surface area contributed by atoms with E-state index < -0.39 is 6.10 Å². The summed E-state index contributed by atoms with van der Waals surface area (Å²) in [5, 5.41) is 10.6. The molecule has 4 rings (SSSR count). The van der Waals surface area contributed by atoms with E-state index in [1.54, 1.807) is 0 Å². The highest BCUT2D eigenvalue weighted by atomic mass is 16.5. The number of hydrogen-bond donors (Lipinski definition) is 1. The van der Waals surface area contributed by atoms with Crippen LogP contribution in [0.4, 0.5) is 0 Å². The summed E-state index contributed by atoms with van der Waals surface area (Å²) in [6, 6.07) is 26.0. The summed E-state index contributed by atoms with van der Waals surface area (Å²) in [5.74, 6) is 0.901. The lowest BCUT2D eigenvalue weighted by molar-refractivity contribution is 0.0398. The number of aryl methyl sites for hydroxylation is 3. The zero-order valence-corrected chi connectivity index (χ0v) is 20.1. The number of ether oxygens (including phenoxy) is 1. The van der Waals surface area contributed by atoms with Crippen molar-refractivity contribution in [2.75, 3.05) is 39.3 Å². The van der Waals surface area contributed by atoms with Crippen molar-refractivity contribution in [2.45, 2.75) is 32.9 Å². The fourth-order valence-corrected chi connectivity index (χ4v) is 5.01. The largest absolute Gasteiger partial charge is 0.490 e. The first kappa shape index (κ1) is 23.5. The molecule has 1 N–H and O–H groups in total. The summed E-state index contributed by atoms with van der Waals surface area (Å²) >= 11 is 0. The van der Waals surface area contributed by atoms with E-state index in [0.717, 1.165) is 43.1 Å². The van der Waals surface area contributed by atoms with Crippen molar-refractivity contribution < 1.29 is 9.84 Å². The van der Waals surface area contributed by atoms with E-state index >= 15 is 0 Å². The Kier molecular flexibility index (Phi) is 7.81. The standard InChI is InChI=1S/C29H36N2O2/c1-22-18-23(2)29(24(3)19-22)33-21-27(32)20-30-14-16-31(17-15-30)28(25-10-6-4-7-11-25)26-12-8-5-9-13-26/h4-13,18-19,27-28,32H,14-17,20-21H2,1-3H3/t27-/m1/s1. The fourth-order valence-electron chi connectivity index (χ4n) is 5.01. The Hall–Kier alpha value is -2.66. The predicted octanol–water partition coefficient (Wildman–Crippen LogP) is 4.76. The van der Waals surface area contributed by atoms with Gasteiger partial charge in [-0.25, -0.2) is 0 Å². The van der Waals surface area contributed by atoms with Crippen LogP contribution in [-0.4, -0.2) is 60.3 Å². The van der Waals surface area contributed by atoms with Crippen molar-refractivity contribution >= 4 is 0 Å². The average molecular weight is 445 g/mol. The second kappa shape index (κ2) is 11.0. The highest BCUT2D eigenvalue weighted by Gasteiger charge is 2.27. The van der Waals surface area contributed by atoms with Gasteiger partial charge in [0.1, 0.15) is 18.5 Å². The Morgan fingerprint density at radius 1 is 0.788 bits per heavy atom. The van der Waals surface area contributed by atoms with E-state index in [-0.39, 0.29) is 6.04 Å². The van der Waals surface area contributed by atoms with E-state index in [2.05, 4.69) is 103 Å². The van der Waals surface area contributed by atoms with Gasteiger partial charge in [-0.15, -0.1) is 0 Å². The van der Waals surface area contributed by atoms with E-state index in [1.807, 2.05) is 0 Å². The van der Waals surface area contributed by atoms with E-state index in [1.165, 1.54) is 16.7 Å². The summed E-state index contributed by atoms with van der Waals surface area (Å²) in [6.45, 7) is 11.0. The molecule has 4 nitrogen and oxygen atoms in total. The highest BCUT2D eigenvalue weighted by molar-refractivity contribution is 5.43. The number of nitrogens with zero attached hydrogens (tertiary/aromatic N) is 2. The molecule has 0 amide bonds. The van der Waals surface area contributed by atoms with Crippen LogP contribution in [0, 0.1) is 20.8 Å². The van der Waals surface area contributed by atoms with Crippen molar-refractivity contribution in [2.24, 2.45) is 0 Å². The molecule has 1 aliphatic heterocycles. The van der Waals surface area contributed by atoms with Gasteiger partial charge >= 0.3 is 0 Å². The lowest BCUT2D eigenvalue weighted by Gasteiger charge is -2.40. The van der Waals surface area contributed by atoms with E-state index in [9.17, 15) is 5.11 Å². The third-order valence-corrected chi connectivity index (χ3v) is 6.50. The summed E-state index contributed by atoms with van der Waals surface area (Å²) in [5.41, 5.74) is 6.14. The predicted molar refractivity (Wildman–Crippen MR) is 135 cm³/mol. The van der Waals surface area contributed by atoms with Crippen molar-refractivity contribution in [3.63, 3.8) is 0 Å². The number of hydrogen-bond acceptors (Lipinski definition) is 4. The number of aliphatic hydroxyl groups is 1. The minimum Gasteiger partial charge on any atom is -0.490 e. The van der Waals surface area contributed by atoms with Crippen molar-refractivity contribution in [1.29, 1.82) is 0 Å². The quantitative estimate of drug-likeness (QED) is 0.544. The molecule has 0 spiro atoms. The molecule has 0 bridgehead atoms. The smallest absolute Gasteiger partial charge is 0.125 e. The van der Waals surface area contributed by atoms with Gasteiger partial charge in [-0.1, -0.05) is 78.4 Å². The monoisotopic (exact) mass is 444 g/mol. The minimum atomic E-state index is -0.504. The number of β-amino-alcohol motifs (C(OH)–C–C–N with tert-alkyl or cyclic N) is 1. The topological polar surface area (TPSA) is 35.9 Å². The van der Waals surface area contributed by atoms with Gasteiger partial charge in [-0.05, 0) is 43.0 Å². The molecule has 0 aromatic heterocycles. The van der Waals surface area contributed by atoms with Gasteiger partial charge in [-0.2, -0.15) is 0 Å².